The molecule has 3 heteroatoms. The molecule has 0 aromatic heterocycles. The van der Waals surface area contributed by atoms with E-state index in [-0.39, 0.29) is 7.69 Å². The van der Waals surface area contributed by atoms with Crippen LogP contribution in [0.3, 0.4) is 0 Å². The molecule has 5 rings (SSSR count). The average molecular weight is 362 g/mol. The summed E-state index contributed by atoms with van der Waals surface area (Å²) in [6.45, 7) is 0. The predicted molar refractivity (Wildman–Crippen MR) is 114 cm³/mol. The lowest BCUT2D eigenvalue weighted by molar-refractivity contribution is 0.453. The molecule has 2 nitrogen and oxygen atoms in total. The van der Waals surface area contributed by atoms with Gasteiger partial charge >= 0.3 is 7.69 Å². The minimum Gasteiger partial charge on any atom is -0.539 e. The van der Waals surface area contributed by atoms with Crippen molar-refractivity contribution in [1.29, 1.82) is 0 Å². The summed E-state index contributed by atoms with van der Waals surface area (Å²) in [7, 11) is -0.338. The molecule has 0 spiro atoms. The van der Waals surface area contributed by atoms with Gasteiger partial charge in [0.25, 0.3) is 0 Å². The normalized spacial score (nSPS) is 13.5. The van der Waals surface area contributed by atoms with E-state index >= 15 is 0 Å². The van der Waals surface area contributed by atoms with Gasteiger partial charge < -0.3 is 9.68 Å². The standard InChI is InChI=1S/C25H19BO2/c27-26-28-20-15-16-22-21-13-7-8-14-23(21)25(24(22)17-20,18-9-3-1-4-10-18)19-11-5-2-6-12-19/h1-17,26-27H. The van der Waals surface area contributed by atoms with E-state index in [9.17, 15) is 5.02 Å². The molecule has 0 saturated heterocycles. The second-order valence-corrected chi connectivity index (χ2v) is 7.01. The van der Waals surface area contributed by atoms with Crippen molar-refractivity contribution in [2.24, 2.45) is 0 Å². The molecule has 0 atom stereocenters. The molecule has 1 aliphatic carbocycles. The second-order valence-electron chi connectivity index (χ2n) is 7.01. The van der Waals surface area contributed by atoms with Crippen LogP contribution in [0.4, 0.5) is 0 Å². The van der Waals surface area contributed by atoms with Crippen molar-refractivity contribution in [3.8, 4) is 16.9 Å². The summed E-state index contributed by atoms with van der Waals surface area (Å²) in [6, 6.07) is 36.0. The maximum atomic E-state index is 9.28. The fourth-order valence-corrected chi connectivity index (χ4v) is 4.59. The molecule has 28 heavy (non-hydrogen) atoms. The molecule has 4 aromatic carbocycles. The van der Waals surface area contributed by atoms with Crippen LogP contribution in [0.2, 0.25) is 0 Å². The fraction of sp³-hybridized carbons (Fsp3) is 0.0400. The lowest BCUT2D eigenvalue weighted by Gasteiger charge is -2.34. The van der Waals surface area contributed by atoms with Gasteiger partial charge in [0.15, 0.2) is 0 Å². The van der Waals surface area contributed by atoms with Crippen molar-refractivity contribution in [3.05, 3.63) is 125 Å². The minimum absolute atomic E-state index is 0.338. The largest absolute Gasteiger partial charge is 0.539 e. The minimum atomic E-state index is -0.427. The van der Waals surface area contributed by atoms with Crippen molar-refractivity contribution in [3.63, 3.8) is 0 Å². The average Bonchev–Trinajstić information content (AvgIpc) is 3.06. The highest BCUT2D eigenvalue weighted by Crippen LogP contribution is 2.56. The lowest BCUT2D eigenvalue weighted by atomic mass is 9.68. The predicted octanol–water partition coefficient (Wildman–Crippen LogP) is 4.69. The van der Waals surface area contributed by atoms with Gasteiger partial charge in [-0.15, -0.1) is 0 Å². The third-order valence-electron chi connectivity index (χ3n) is 5.66. The van der Waals surface area contributed by atoms with Gasteiger partial charge in [0, 0.05) is 0 Å². The molecule has 0 aliphatic heterocycles. The van der Waals surface area contributed by atoms with E-state index in [1.165, 1.54) is 33.4 Å². The number of hydrogen-bond donors (Lipinski definition) is 1. The van der Waals surface area contributed by atoms with Crippen molar-refractivity contribution in [2.75, 3.05) is 0 Å². The van der Waals surface area contributed by atoms with E-state index < -0.39 is 5.41 Å². The van der Waals surface area contributed by atoms with E-state index in [0.717, 1.165) is 0 Å². The SMILES string of the molecule is OBOc1ccc2c(c1)C(c1ccccc1)(c1ccccc1)c1ccccc1-2. The summed E-state index contributed by atoms with van der Waals surface area (Å²) in [6.07, 6.45) is 0. The zero-order chi connectivity index (χ0) is 19.0. The molecule has 4 aromatic rings. The summed E-state index contributed by atoms with van der Waals surface area (Å²) >= 11 is 0. The molecule has 0 unspecified atom stereocenters. The maximum absolute atomic E-state index is 9.28. The van der Waals surface area contributed by atoms with Crippen molar-refractivity contribution in [1.82, 2.24) is 0 Å². The zero-order valence-corrected chi connectivity index (χ0v) is 15.4. The van der Waals surface area contributed by atoms with Crippen molar-refractivity contribution < 1.29 is 9.68 Å². The van der Waals surface area contributed by atoms with E-state index in [0.29, 0.717) is 5.75 Å². The summed E-state index contributed by atoms with van der Waals surface area (Å²) < 4.78 is 5.45. The van der Waals surface area contributed by atoms with Crippen LogP contribution in [0.5, 0.6) is 5.75 Å². The molecule has 1 aliphatic rings. The van der Waals surface area contributed by atoms with Crippen molar-refractivity contribution >= 4 is 7.69 Å². The maximum Gasteiger partial charge on any atom is 0.504 e. The Labute approximate surface area is 165 Å². The second kappa shape index (κ2) is 6.70. The molecule has 0 radical (unpaired) electrons. The van der Waals surface area contributed by atoms with Gasteiger partial charge in [-0.25, -0.2) is 0 Å². The molecule has 0 fully saturated rings. The molecular formula is C25H19BO2. The number of hydrogen-bond acceptors (Lipinski definition) is 2. The highest BCUT2D eigenvalue weighted by molar-refractivity contribution is 6.17. The van der Waals surface area contributed by atoms with E-state index in [1.807, 2.05) is 6.07 Å². The zero-order valence-electron chi connectivity index (χ0n) is 15.4. The van der Waals surface area contributed by atoms with E-state index in [2.05, 4.69) is 97.1 Å². The summed E-state index contributed by atoms with van der Waals surface area (Å²) in [4.78, 5) is 0. The lowest BCUT2D eigenvalue weighted by Crippen LogP contribution is -2.28. The van der Waals surface area contributed by atoms with Gasteiger partial charge in [0.1, 0.15) is 5.75 Å². The van der Waals surface area contributed by atoms with Crippen LogP contribution in [0.15, 0.2) is 103 Å². The van der Waals surface area contributed by atoms with E-state index in [1.54, 1.807) is 0 Å². The Morgan fingerprint density at radius 2 is 1.18 bits per heavy atom. The molecule has 0 bridgehead atoms. The van der Waals surface area contributed by atoms with Gasteiger partial charge in [-0.1, -0.05) is 91.0 Å². The topological polar surface area (TPSA) is 29.5 Å². The fourth-order valence-electron chi connectivity index (χ4n) is 4.59. The van der Waals surface area contributed by atoms with E-state index in [4.69, 9.17) is 4.65 Å². The Morgan fingerprint density at radius 3 is 1.82 bits per heavy atom. The Kier molecular flexibility index (Phi) is 4.03. The first kappa shape index (κ1) is 16.8. The Morgan fingerprint density at radius 1 is 0.607 bits per heavy atom. The van der Waals surface area contributed by atoms with Gasteiger partial charge in [0.05, 0.1) is 5.41 Å². The molecule has 0 amide bonds. The molecule has 1 N–H and O–H groups in total. The quantitative estimate of drug-likeness (QED) is 0.470. The third kappa shape index (κ3) is 2.33. The Hall–Kier alpha value is -3.30. The summed E-state index contributed by atoms with van der Waals surface area (Å²) in [5.74, 6) is 0.672. The monoisotopic (exact) mass is 362 g/mol. The highest BCUT2D eigenvalue weighted by atomic mass is 16.5. The summed E-state index contributed by atoms with van der Waals surface area (Å²) in [5.41, 5.74) is 6.89. The highest BCUT2D eigenvalue weighted by Gasteiger charge is 2.46. The Balaban J connectivity index is 1.93. The molecular weight excluding hydrogens is 343 g/mol. The first-order chi connectivity index (χ1) is 13.9. The number of rotatable bonds is 4. The summed E-state index contributed by atoms with van der Waals surface area (Å²) in [5, 5.41) is 9.28. The van der Waals surface area contributed by atoms with Crippen LogP contribution < -0.4 is 4.65 Å². The first-order valence-electron chi connectivity index (χ1n) is 9.45. The number of fused-ring (bicyclic) bond motifs is 3. The van der Waals surface area contributed by atoms with Crippen LogP contribution in [-0.2, 0) is 5.41 Å². The Bertz CT molecular complexity index is 1080. The number of benzene rings is 4. The van der Waals surface area contributed by atoms with Gasteiger partial charge in [-0.2, -0.15) is 0 Å². The van der Waals surface area contributed by atoms with Crippen LogP contribution in [0, 0.1) is 0 Å². The van der Waals surface area contributed by atoms with Crippen molar-refractivity contribution in [2.45, 2.75) is 5.41 Å². The van der Waals surface area contributed by atoms with Crippen LogP contribution in [0.1, 0.15) is 22.3 Å². The van der Waals surface area contributed by atoms with Gasteiger partial charge in [-0.3, -0.25) is 0 Å². The molecule has 0 heterocycles. The van der Waals surface area contributed by atoms with Crippen LogP contribution in [0.25, 0.3) is 11.1 Å². The third-order valence-corrected chi connectivity index (χ3v) is 5.66. The molecule has 0 saturated carbocycles. The van der Waals surface area contributed by atoms with Gasteiger partial charge in [0.2, 0.25) is 0 Å². The smallest absolute Gasteiger partial charge is 0.504 e. The van der Waals surface area contributed by atoms with Crippen LogP contribution >= 0.6 is 0 Å². The van der Waals surface area contributed by atoms with Crippen LogP contribution in [-0.4, -0.2) is 12.7 Å². The first-order valence-corrected chi connectivity index (χ1v) is 9.45. The molecule has 134 valence electrons. The van der Waals surface area contributed by atoms with Gasteiger partial charge in [-0.05, 0) is 45.5 Å².